The summed E-state index contributed by atoms with van der Waals surface area (Å²) in [7, 11) is 1.75. The highest BCUT2D eigenvalue weighted by atomic mass is 19.1. The van der Waals surface area contributed by atoms with Crippen molar-refractivity contribution in [2.24, 2.45) is 5.92 Å². The number of pyridine rings is 1. The molecule has 0 unspecified atom stereocenters. The van der Waals surface area contributed by atoms with E-state index in [1.54, 1.807) is 11.9 Å². The van der Waals surface area contributed by atoms with Crippen LogP contribution >= 0.6 is 0 Å². The fraction of sp³-hybridized carbons (Fsp3) is 0.462. The standard InChI is InChI=1S/C13H16FN3O3/c1-17-5-4-8(13(17)19)2-3-11-10(14)6-9(7-15-11)12(18)16-20/h6-8,20H,2-5H2,1H3,(H,16,18)/t8-/m0/s1. The lowest BCUT2D eigenvalue weighted by Gasteiger charge is -2.10. The first kappa shape index (κ1) is 14.4. The van der Waals surface area contributed by atoms with Gasteiger partial charge in [0.25, 0.3) is 5.91 Å². The van der Waals surface area contributed by atoms with Crippen LogP contribution in [0.4, 0.5) is 4.39 Å². The third-order valence-corrected chi connectivity index (χ3v) is 3.55. The van der Waals surface area contributed by atoms with Crippen molar-refractivity contribution >= 4 is 11.8 Å². The van der Waals surface area contributed by atoms with Crippen LogP contribution in [0.5, 0.6) is 0 Å². The molecule has 20 heavy (non-hydrogen) atoms. The number of carbonyl (C=O) groups is 2. The first-order valence-electron chi connectivity index (χ1n) is 6.36. The van der Waals surface area contributed by atoms with E-state index in [1.807, 2.05) is 0 Å². The molecule has 1 aliphatic rings. The summed E-state index contributed by atoms with van der Waals surface area (Å²) in [6.07, 6.45) is 2.87. The van der Waals surface area contributed by atoms with Crippen molar-refractivity contribution in [1.82, 2.24) is 15.4 Å². The maximum Gasteiger partial charge on any atom is 0.276 e. The predicted octanol–water partition coefficient (Wildman–Crippen LogP) is 0.751. The van der Waals surface area contributed by atoms with Crippen molar-refractivity contribution in [1.29, 1.82) is 0 Å². The van der Waals surface area contributed by atoms with Crippen molar-refractivity contribution in [3.63, 3.8) is 0 Å². The van der Waals surface area contributed by atoms with Crippen LogP contribution < -0.4 is 5.48 Å². The van der Waals surface area contributed by atoms with E-state index in [1.165, 1.54) is 11.7 Å². The van der Waals surface area contributed by atoms with Crippen LogP contribution in [0.3, 0.4) is 0 Å². The SMILES string of the molecule is CN1CC[C@H](CCc2ncc(C(=O)NO)cc2F)C1=O. The maximum absolute atomic E-state index is 13.8. The smallest absolute Gasteiger partial charge is 0.276 e. The van der Waals surface area contributed by atoms with Crippen LogP contribution in [-0.4, -0.2) is 40.5 Å². The molecule has 2 N–H and O–H groups in total. The van der Waals surface area contributed by atoms with E-state index in [9.17, 15) is 14.0 Å². The molecule has 0 aliphatic carbocycles. The molecule has 0 aromatic carbocycles. The highest BCUT2D eigenvalue weighted by Crippen LogP contribution is 2.22. The van der Waals surface area contributed by atoms with E-state index in [-0.39, 0.29) is 23.1 Å². The van der Waals surface area contributed by atoms with E-state index in [0.29, 0.717) is 12.8 Å². The van der Waals surface area contributed by atoms with Gasteiger partial charge in [-0.1, -0.05) is 0 Å². The largest absolute Gasteiger partial charge is 0.345 e. The van der Waals surface area contributed by atoms with Gasteiger partial charge >= 0.3 is 0 Å². The lowest BCUT2D eigenvalue weighted by Crippen LogP contribution is -2.23. The monoisotopic (exact) mass is 281 g/mol. The minimum atomic E-state index is -0.810. The predicted molar refractivity (Wildman–Crippen MR) is 67.5 cm³/mol. The first-order valence-corrected chi connectivity index (χ1v) is 6.36. The second kappa shape index (κ2) is 5.96. The van der Waals surface area contributed by atoms with Gasteiger partial charge in [0.2, 0.25) is 5.91 Å². The molecular formula is C13H16FN3O3. The van der Waals surface area contributed by atoms with Gasteiger partial charge in [-0.2, -0.15) is 0 Å². The highest BCUT2D eigenvalue weighted by Gasteiger charge is 2.28. The number of nitrogens with one attached hydrogen (secondary N) is 1. The molecule has 7 heteroatoms. The maximum atomic E-state index is 13.8. The molecule has 1 fully saturated rings. The Morgan fingerprint density at radius 3 is 2.95 bits per heavy atom. The average molecular weight is 281 g/mol. The number of aromatic nitrogens is 1. The zero-order valence-corrected chi connectivity index (χ0v) is 11.1. The number of amides is 2. The lowest BCUT2D eigenvalue weighted by molar-refractivity contribution is -0.130. The molecule has 2 rings (SSSR count). The summed E-state index contributed by atoms with van der Waals surface area (Å²) in [6, 6.07) is 1.02. The first-order chi connectivity index (χ1) is 9.52. The van der Waals surface area contributed by atoms with Gasteiger partial charge in [-0.25, -0.2) is 9.87 Å². The summed E-state index contributed by atoms with van der Waals surface area (Å²) in [4.78, 5) is 28.4. The summed E-state index contributed by atoms with van der Waals surface area (Å²) in [5, 5.41) is 8.46. The average Bonchev–Trinajstić information content (AvgIpc) is 2.76. The summed E-state index contributed by atoms with van der Waals surface area (Å²) < 4.78 is 13.8. The molecule has 1 aromatic heterocycles. The Balaban J connectivity index is 2.00. The second-order valence-electron chi connectivity index (χ2n) is 4.88. The van der Waals surface area contributed by atoms with Crippen molar-refractivity contribution in [3.05, 3.63) is 29.3 Å². The van der Waals surface area contributed by atoms with Crippen molar-refractivity contribution in [2.45, 2.75) is 19.3 Å². The Kier molecular flexibility index (Phi) is 4.29. The summed E-state index contributed by atoms with van der Waals surface area (Å²) >= 11 is 0. The molecule has 1 aromatic rings. The number of hydrogen-bond acceptors (Lipinski definition) is 4. The molecule has 0 saturated carbocycles. The number of aryl methyl sites for hydroxylation is 1. The van der Waals surface area contributed by atoms with E-state index >= 15 is 0 Å². The van der Waals surface area contributed by atoms with Crippen LogP contribution in [0.1, 0.15) is 28.9 Å². The zero-order chi connectivity index (χ0) is 14.7. The van der Waals surface area contributed by atoms with Crippen LogP contribution in [0.25, 0.3) is 0 Å². The Morgan fingerprint density at radius 2 is 2.40 bits per heavy atom. The van der Waals surface area contributed by atoms with Crippen molar-refractivity contribution in [2.75, 3.05) is 13.6 Å². The van der Waals surface area contributed by atoms with Crippen molar-refractivity contribution < 1.29 is 19.2 Å². The number of hydroxylamine groups is 1. The van der Waals surface area contributed by atoms with Crippen LogP contribution in [0.2, 0.25) is 0 Å². The Morgan fingerprint density at radius 1 is 1.65 bits per heavy atom. The number of halogens is 1. The Labute approximate surface area is 115 Å². The van der Waals surface area contributed by atoms with Gasteiger partial charge in [-0.3, -0.25) is 19.8 Å². The van der Waals surface area contributed by atoms with E-state index < -0.39 is 11.7 Å². The molecule has 108 valence electrons. The molecule has 1 atom stereocenters. The molecule has 2 amide bonds. The minimum Gasteiger partial charge on any atom is -0.345 e. The number of likely N-dealkylation sites (tertiary alicyclic amines) is 1. The molecule has 0 bridgehead atoms. The van der Waals surface area contributed by atoms with Gasteiger partial charge in [-0.05, 0) is 25.3 Å². The van der Waals surface area contributed by atoms with E-state index in [2.05, 4.69) is 4.98 Å². The molecule has 0 spiro atoms. The van der Waals surface area contributed by atoms with Crippen LogP contribution in [-0.2, 0) is 11.2 Å². The van der Waals surface area contributed by atoms with Gasteiger partial charge in [-0.15, -0.1) is 0 Å². The second-order valence-corrected chi connectivity index (χ2v) is 4.88. The molecular weight excluding hydrogens is 265 g/mol. The number of rotatable bonds is 4. The molecule has 2 heterocycles. The summed E-state index contributed by atoms with van der Waals surface area (Å²) in [6.45, 7) is 0.731. The van der Waals surface area contributed by atoms with Gasteiger partial charge in [0.1, 0.15) is 5.82 Å². The molecule has 1 saturated heterocycles. The van der Waals surface area contributed by atoms with Crippen molar-refractivity contribution in [3.8, 4) is 0 Å². The number of carbonyl (C=O) groups excluding carboxylic acids is 2. The molecule has 6 nitrogen and oxygen atoms in total. The fourth-order valence-corrected chi connectivity index (χ4v) is 2.31. The topological polar surface area (TPSA) is 82.5 Å². The van der Waals surface area contributed by atoms with Crippen LogP contribution in [0.15, 0.2) is 12.3 Å². The van der Waals surface area contributed by atoms with Gasteiger partial charge in [0, 0.05) is 25.7 Å². The highest BCUT2D eigenvalue weighted by molar-refractivity contribution is 5.92. The molecule has 1 aliphatic heterocycles. The number of nitrogens with zero attached hydrogens (tertiary/aromatic N) is 2. The van der Waals surface area contributed by atoms with Gasteiger partial charge < -0.3 is 4.90 Å². The summed E-state index contributed by atoms with van der Waals surface area (Å²) in [5.41, 5.74) is 1.59. The zero-order valence-electron chi connectivity index (χ0n) is 11.1. The van der Waals surface area contributed by atoms with Gasteiger partial charge in [0.05, 0.1) is 11.3 Å². The Hall–Kier alpha value is -2.02. The quantitative estimate of drug-likeness (QED) is 0.630. The number of hydrogen-bond donors (Lipinski definition) is 2. The van der Waals surface area contributed by atoms with Gasteiger partial charge in [0.15, 0.2) is 0 Å². The summed E-state index contributed by atoms with van der Waals surface area (Å²) in [5.74, 6) is -1.41. The van der Waals surface area contributed by atoms with E-state index in [4.69, 9.17) is 5.21 Å². The van der Waals surface area contributed by atoms with E-state index in [0.717, 1.165) is 19.0 Å². The van der Waals surface area contributed by atoms with Crippen LogP contribution in [0, 0.1) is 11.7 Å². The third kappa shape index (κ3) is 2.93. The fourth-order valence-electron chi connectivity index (χ4n) is 2.31. The third-order valence-electron chi connectivity index (χ3n) is 3.55. The minimum absolute atomic E-state index is 0.0505. The lowest BCUT2D eigenvalue weighted by atomic mass is 10.00. The molecule has 0 radical (unpaired) electrons. The normalized spacial score (nSPS) is 18.4. The Bertz CT molecular complexity index is 536.